The summed E-state index contributed by atoms with van der Waals surface area (Å²) >= 11 is 7.87. The lowest BCUT2D eigenvalue weighted by Crippen LogP contribution is -2.49. The molecule has 0 aliphatic carbocycles. The van der Waals surface area contributed by atoms with Crippen molar-refractivity contribution >= 4 is 40.1 Å². The summed E-state index contributed by atoms with van der Waals surface area (Å²) in [4.78, 5) is 12.0. The number of piperidine rings is 1. The first-order valence-corrected chi connectivity index (χ1v) is 10.5. The third-order valence-corrected chi connectivity index (χ3v) is 6.71. The summed E-state index contributed by atoms with van der Waals surface area (Å²) in [5.74, 6) is 0.971. The number of hydrogen-bond donors (Lipinski definition) is 3. The van der Waals surface area contributed by atoms with E-state index in [-0.39, 0.29) is 11.5 Å². The van der Waals surface area contributed by atoms with E-state index in [9.17, 15) is 0 Å². The quantitative estimate of drug-likeness (QED) is 0.610. The predicted octanol–water partition coefficient (Wildman–Crippen LogP) is 3.87. The molecule has 0 aromatic carbocycles. The number of thiol groups is 1. The summed E-state index contributed by atoms with van der Waals surface area (Å²) in [5, 5.41) is 3.43. The molecule has 3 rings (SSSR count). The van der Waals surface area contributed by atoms with E-state index >= 15 is 0 Å². The second-order valence-electron chi connectivity index (χ2n) is 7.42. The molecule has 26 heavy (non-hydrogen) atoms. The number of aryl methyl sites for hydroxylation is 1. The first-order valence-electron chi connectivity index (χ1n) is 9.21. The molecular weight excluding hydrogens is 410 g/mol. The Morgan fingerprint density at radius 3 is 2.73 bits per heavy atom. The van der Waals surface area contributed by atoms with Gasteiger partial charge in [-0.05, 0) is 47.7 Å². The molecule has 1 aromatic heterocycles. The van der Waals surface area contributed by atoms with E-state index < -0.39 is 0 Å². The van der Waals surface area contributed by atoms with Crippen LogP contribution in [-0.2, 0) is 0 Å². The average Bonchev–Trinajstić information content (AvgIpc) is 2.93. The van der Waals surface area contributed by atoms with Crippen LogP contribution in [0.1, 0.15) is 44.0 Å². The zero-order chi connectivity index (χ0) is 18.9. The maximum absolute atomic E-state index is 4.86. The highest BCUT2D eigenvalue weighted by Gasteiger charge is 2.46. The van der Waals surface area contributed by atoms with E-state index in [2.05, 4.69) is 63.8 Å². The number of nitrogens with one attached hydrogen (secondary N) is 2. The Balaban J connectivity index is 1.84. The standard InChI is InChI=1S/C19H28BrN5S/c1-5-6-12(2)15-18(22-14(4)17(20)23-15)25-9-7-19(8-10-25)11-21-13(3)16(19)24-26/h16,21,24,26H,2-3,5-11H2,1,4H3. The van der Waals surface area contributed by atoms with Crippen LogP contribution in [0, 0.1) is 12.3 Å². The van der Waals surface area contributed by atoms with Gasteiger partial charge < -0.3 is 10.2 Å². The van der Waals surface area contributed by atoms with Gasteiger partial charge in [-0.25, -0.2) is 9.97 Å². The van der Waals surface area contributed by atoms with E-state index in [4.69, 9.17) is 9.97 Å². The fraction of sp³-hybridized carbons (Fsp3) is 0.579. The SMILES string of the molecule is C=C(CCC)c1nc(Br)c(C)nc1N1CCC2(CC1)CNC(=C)C2NS. The van der Waals surface area contributed by atoms with Crippen LogP contribution in [-0.4, -0.2) is 35.6 Å². The van der Waals surface area contributed by atoms with Crippen molar-refractivity contribution in [1.29, 1.82) is 0 Å². The highest BCUT2D eigenvalue weighted by atomic mass is 79.9. The van der Waals surface area contributed by atoms with Crippen molar-refractivity contribution in [1.82, 2.24) is 20.0 Å². The maximum atomic E-state index is 4.86. The monoisotopic (exact) mass is 437 g/mol. The number of anilines is 1. The number of aromatic nitrogens is 2. The molecule has 5 nitrogen and oxygen atoms in total. The van der Waals surface area contributed by atoms with E-state index in [1.807, 2.05) is 6.92 Å². The first kappa shape index (κ1) is 19.7. The van der Waals surface area contributed by atoms with Crippen molar-refractivity contribution in [3.63, 3.8) is 0 Å². The van der Waals surface area contributed by atoms with E-state index in [1.165, 1.54) is 0 Å². The van der Waals surface area contributed by atoms with Crippen molar-refractivity contribution in [3.05, 3.63) is 34.8 Å². The summed E-state index contributed by atoms with van der Waals surface area (Å²) in [6.45, 7) is 15.4. The maximum Gasteiger partial charge on any atom is 0.155 e. The van der Waals surface area contributed by atoms with Crippen LogP contribution >= 0.6 is 28.7 Å². The molecule has 1 unspecified atom stereocenters. The Bertz CT molecular complexity index is 712. The zero-order valence-corrected chi connectivity index (χ0v) is 18.1. The van der Waals surface area contributed by atoms with Crippen molar-refractivity contribution in [2.24, 2.45) is 5.41 Å². The van der Waals surface area contributed by atoms with Gasteiger partial charge in [0.2, 0.25) is 0 Å². The molecule has 2 aliphatic rings. The molecule has 1 aromatic rings. The van der Waals surface area contributed by atoms with Gasteiger partial charge in [0.1, 0.15) is 10.3 Å². The lowest BCUT2D eigenvalue weighted by molar-refractivity contribution is 0.216. The summed E-state index contributed by atoms with van der Waals surface area (Å²) in [7, 11) is 0. The van der Waals surface area contributed by atoms with Crippen LogP contribution in [0.4, 0.5) is 5.82 Å². The van der Waals surface area contributed by atoms with Gasteiger partial charge in [-0.2, -0.15) is 0 Å². The minimum absolute atomic E-state index is 0.174. The fourth-order valence-corrected chi connectivity index (χ4v) is 4.77. The Hall–Kier alpha value is -1.05. The number of nitrogens with zero attached hydrogens (tertiary/aromatic N) is 3. The molecule has 1 atom stereocenters. The van der Waals surface area contributed by atoms with Gasteiger partial charge in [-0.3, -0.25) is 4.72 Å². The lowest BCUT2D eigenvalue weighted by Gasteiger charge is -2.42. The van der Waals surface area contributed by atoms with Gasteiger partial charge in [0, 0.05) is 30.7 Å². The summed E-state index contributed by atoms with van der Waals surface area (Å²) in [5.41, 5.74) is 4.12. The summed E-state index contributed by atoms with van der Waals surface area (Å²) < 4.78 is 3.96. The van der Waals surface area contributed by atoms with Crippen molar-refractivity contribution in [3.8, 4) is 0 Å². The molecule has 0 saturated carbocycles. The summed E-state index contributed by atoms with van der Waals surface area (Å²) in [6, 6.07) is 0.209. The molecular formula is C19H28BrN5S. The minimum atomic E-state index is 0.174. The molecule has 0 radical (unpaired) electrons. The van der Waals surface area contributed by atoms with Crippen LogP contribution in [0.15, 0.2) is 23.5 Å². The molecule has 142 valence electrons. The van der Waals surface area contributed by atoms with Gasteiger partial charge in [0.25, 0.3) is 0 Å². The average molecular weight is 438 g/mol. The molecule has 7 heteroatoms. The number of rotatable bonds is 5. The predicted molar refractivity (Wildman–Crippen MR) is 115 cm³/mol. The third kappa shape index (κ3) is 3.53. The van der Waals surface area contributed by atoms with Crippen molar-refractivity contribution < 1.29 is 0 Å². The molecule has 2 N–H and O–H groups in total. The van der Waals surface area contributed by atoms with Crippen LogP contribution in [0.2, 0.25) is 0 Å². The molecule has 2 saturated heterocycles. The smallest absolute Gasteiger partial charge is 0.155 e. The Kier molecular flexibility index (Phi) is 5.99. The van der Waals surface area contributed by atoms with Crippen molar-refractivity contribution in [2.45, 2.75) is 45.6 Å². The molecule has 1 spiro atoms. The minimum Gasteiger partial charge on any atom is -0.387 e. The highest BCUT2D eigenvalue weighted by molar-refractivity contribution is 9.10. The van der Waals surface area contributed by atoms with Crippen LogP contribution < -0.4 is 14.9 Å². The van der Waals surface area contributed by atoms with Crippen LogP contribution in [0.25, 0.3) is 5.57 Å². The van der Waals surface area contributed by atoms with Crippen LogP contribution in [0.5, 0.6) is 0 Å². The molecule has 0 bridgehead atoms. The molecule has 0 amide bonds. The number of hydrogen-bond acceptors (Lipinski definition) is 6. The van der Waals surface area contributed by atoms with E-state index in [0.29, 0.717) is 0 Å². The van der Waals surface area contributed by atoms with Gasteiger partial charge >= 0.3 is 0 Å². The van der Waals surface area contributed by atoms with Gasteiger partial charge in [0.05, 0.1) is 11.7 Å². The highest BCUT2D eigenvalue weighted by Crippen LogP contribution is 2.42. The number of allylic oxidation sites excluding steroid dienone is 1. The molecule has 2 fully saturated rings. The fourth-order valence-electron chi connectivity index (χ4n) is 4.07. The van der Waals surface area contributed by atoms with Crippen LogP contribution in [0.3, 0.4) is 0 Å². The second kappa shape index (κ2) is 7.90. The Morgan fingerprint density at radius 2 is 2.12 bits per heavy atom. The molecule has 2 aliphatic heterocycles. The topological polar surface area (TPSA) is 53.1 Å². The first-order chi connectivity index (χ1) is 12.4. The Morgan fingerprint density at radius 1 is 1.42 bits per heavy atom. The second-order valence-corrected chi connectivity index (χ2v) is 8.43. The van der Waals surface area contributed by atoms with Gasteiger partial charge in [0.15, 0.2) is 5.82 Å². The largest absolute Gasteiger partial charge is 0.387 e. The van der Waals surface area contributed by atoms with E-state index in [1.54, 1.807) is 0 Å². The third-order valence-electron chi connectivity index (χ3n) is 5.70. The van der Waals surface area contributed by atoms with Crippen molar-refractivity contribution in [2.75, 3.05) is 24.5 Å². The normalized spacial score (nSPS) is 21.9. The van der Waals surface area contributed by atoms with Gasteiger partial charge in [-0.1, -0.05) is 39.3 Å². The zero-order valence-electron chi connectivity index (χ0n) is 15.6. The van der Waals surface area contributed by atoms with E-state index in [0.717, 1.165) is 78.4 Å². The Labute approximate surface area is 170 Å². The molecule has 3 heterocycles. The summed E-state index contributed by atoms with van der Waals surface area (Å²) in [6.07, 6.45) is 4.11. The van der Waals surface area contributed by atoms with Gasteiger partial charge in [-0.15, -0.1) is 0 Å². The lowest BCUT2D eigenvalue weighted by atomic mass is 9.74. The number of halogens is 1.